The number of aromatic hydroxyl groups is 1. The van der Waals surface area contributed by atoms with E-state index in [4.69, 9.17) is 24.5 Å². The highest BCUT2D eigenvalue weighted by Gasteiger charge is 2.00. The van der Waals surface area contributed by atoms with E-state index in [1.54, 1.807) is 0 Å². The Morgan fingerprint density at radius 1 is 1.38 bits per heavy atom. The summed E-state index contributed by atoms with van der Waals surface area (Å²) in [6, 6.07) is 4.41. The average Bonchev–Trinajstić information content (AvgIpc) is 2.30. The first-order valence-corrected chi connectivity index (χ1v) is 4.05. The molecule has 0 saturated heterocycles. The van der Waals surface area contributed by atoms with Crippen molar-refractivity contribution in [3.05, 3.63) is 23.8 Å². The van der Waals surface area contributed by atoms with E-state index in [0.29, 0.717) is 17.6 Å². The minimum atomic E-state index is -1.43. The fourth-order valence-electron chi connectivity index (χ4n) is 0.768. The highest BCUT2D eigenvalue weighted by molar-refractivity contribution is 6.19. The molecule has 0 fully saturated rings. The molecule has 1 rings (SSSR count). The molecule has 86 valence electrons. The Morgan fingerprint density at radius 2 is 1.94 bits per heavy atom. The summed E-state index contributed by atoms with van der Waals surface area (Å²) in [6.45, 7) is 0. The molecule has 0 bridgehead atoms. The van der Waals surface area contributed by atoms with Crippen LogP contribution < -0.4 is 4.74 Å². The van der Waals surface area contributed by atoms with Crippen LogP contribution in [0.3, 0.4) is 0 Å². The van der Waals surface area contributed by atoms with Gasteiger partial charge in [0.1, 0.15) is 6.29 Å². The lowest BCUT2D eigenvalue weighted by atomic mass is 10.2. The molecule has 1 aromatic carbocycles. The van der Waals surface area contributed by atoms with Crippen LogP contribution in [0.5, 0.6) is 11.5 Å². The van der Waals surface area contributed by atoms with Gasteiger partial charge in [0.15, 0.2) is 11.5 Å². The summed E-state index contributed by atoms with van der Waals surface area (Å²) >= 11 is 0. The van der Waals surface area contributed by atoms with Gasteiger partial charge < -0.3 is 14.9 Å². The molecule has 0 heterocycles. The smallest absolute Gasteiger partial charge is 0.368 e. The molecule has 1 aromatic rings. The number of carbonyl (C=O) groups is 3. The van der Waals surface area contributed by atoms with Gasteiger partial charge >= 0.3 is 5.97 Å². The fraction of sp³-hybridized carbons (Fsp3) is 0.100. The van der Waals surface area contributed by atoms with Crippen LogP contribution in [0.1, 0.15) is 10.4 Å². The van der Waals surface area contributed by atoms with Gasteiger partial charge in [-0.05, 0) is 18.2 Å². The Morgan fingerprint density at radius 3 is 2.31 bits per heavy atom. The minimum absolute atomic E-state index is 0.0399. The number of methoxy groups -OCH3 is 1. The van der Waals surface area contributed by atoms with E-state index in [2.05, 4.69) is 0 Å². The summed E-state index contributed by atoms with van der Waals surface area (Å²) in [4.78, 5) is 28.2. The predicted octanol–water partition coefficient (Wildman–Crippen LogP) is 0.483. The number of carbonyl (C=O) groups excluding carboxylic acids is 2. The van der Waals surface area contributed by atoms with E-state index in [0.717, 1.165) is 0 Å². The van der Waals surface area contributed by atoms with Gasteiger partial charge in [-0.25, -0.2) is 4.79 Å². The van der Waals surface area contributed by atoms with Gasteiger partial charge in [-0.15, -0.1) is 0 Å². The monoisotopic (exact) mass is 226 g/mol. The van der Waals surface area contributed by atoms with Crippen LogP contribution in [-0.4, -0.2) is 35.9 Å². The van der Waals surface area contributed by atoms with Crippen LogP contribution >= 0.6 is 0 Å². The first-order chi connectivity index (χ1) is 7.54. The SMILES string of the molecule is COc1cc(C=O)ccc1O.O=CC(=O)O. The molecule has 6 heteroatoms. The van der Waals surface area contributed by atoms with Crippen LogP contribution in [0.2, 0.25) is 0 Å². The molecule has 0 aliphatic carbocycles. The van der Waals surface area contributed by atoms with Gasteiger partial charge in [0.2, 0.25) is 6.29 Å². The van der Waals surface area contributed by atoms with Crippen molar-refractivity contribution in [1.29, 1.82) is 0 Å². The van der Waals surface area contributed by atoms with Crippen molar-refractivity contribution in [3.8, 4) is 11.5 Å². The predicted molar refractivity (Wildman–Crippen MR) is 53.7 cm³/mol. The van der Waals surface area contributed by atoms with Gasteiger partial charge in [0, 0.05) is 5.56 Å². The molecule has 16 heavy (non-hydrogen) atoms. The second kappa shape index (κ2) is 6.99. The first kappa shape index (κ1) is 13.6. The van der Waals surface area contributed by atoms with Gasteiger partial charge in [-0.3, -0.25) is 9.59 Å². The van der Waals surface area contributed by atoms with Crippen molar-refractivity contribution in [2.45, 2.75) is 0 Å². The lowest BCUT2D eigenvalue weighted by molar-refractivity contribution is -0.143. The molecule has 0 atom stereocenters. The first-order valence-electron chi connectivity index (χ1n) is 4.05. The standard InChI is InChI=1S/C8H8O3.C2H2O3/c1-11-8-4-6(5-9)2-3-7(8)10;3-1-2(4)5/h2-5,10H,1H3;1H,(H,4,5). The summed E-state index contributed by atoms with van der Waals surface area (Å²) < 4.78 is 4.78. The van der Waals surface area contributed by atoms with Crippen LogP contribution in [-0.2, 0) is 9.59 Å². The second-order valence-corrected chi connectivity index (χ2v) is 2.51. The van der Waals surface area contributed by atoms with Gasteiger partial charge in [-0.2, -0.15) is 0 Å². The Hall–Kier alpha value is -2.37. The van der Waals surface area contributed by atoms with Crippen LogP contribution in [0.4, 0.5) is 0 Å². The zero-order valence-electron chi connectivity index (χ0n) is 8.41. The molecular weight excluding hydrogens is 216 g/mol. The molecule has 0 radical (unpaired) electrons. The third kappa shape index (κ3) is 4.75. The van der Waals surface area contributed by atoms with Gasteiger partial charge in [0.05, 0.1) is 7.11 Å². The lowest BCUT2D eigenvalue weighted by Crippen LogP contribution is -1.91. The third-order valence-electron chi connectivity index (χ3n) is 1.44. The summed E-state index contributed by atoms with van der Waals surface area (Å²) in [5.74, 6) is -1.07. The normalized spacial score (nSPS) is 8.31. The molecule has 0 saturated carbocycles. The Bertz CT molecular complexity index is 385. The summed E-state index contributed by atoms with van der Waals surface area (Å²) in [5.41, 5.74) is 0.486. The summed E-state index contributed by atoms with van der Waals surface area (Å²) in [5, 5.41) is 16.4. The fourth-order valence-corrected chi connectivity index (χ4v) is 0.768. The third-order valence-corrected chi connectivity index (χ3v) is 1.44. The molecule has 6 nitrogen and oxygen atoms in total. The molecule has 0 amide bonds. The van der Waals surface area contributed by atoms with E-state index in [9.17, 15) is 4.79 Å². The van der Waals surface area contributed by atoms with Crippen molar-refractivity contribution in [1.82, 2.24) is 0 Å². The van der Waals surface area contributed by atoms with Crippen molar-refractivity contribution >= 4 is 18.5 Å². The van der Waals surface area contributed by atoms with Crippen molar-refractivity contribution < 1.29 is 29.3 Å². The number of carboxylic acids is 1. The number of benzene rings is 1. The number of rotatable bonds is 3. The number of phenolic OH excluding ortho intramolecular Hbond substituents is 1. The highest BCUT2D eigenvalue weighted by Crippen LogP contribution is 2.25. The maximum Gasteiger partial charge on any atom is 0.368 e. The van der Waals surface area contributed by atoms with E-state index < -0.39 is 5.97 Å². The zero-order chi connectivity index (χ0) is 12.6. The minimum Gasteiger partial charge on any atom is -0.504 e. The summed E-state index contributed by atoms with van der Waals surface area (Å²) in [6.07, 6.45) is 0.530. The quantitative estimate of drug-likeness (QED) is 0.574. The maximum absolute atomic E-state index is 10.2. The summed E-state index contributed by atoms with van der Waals surface area (Å²) in [7, 11) is 1.43. The average molecular weight is 226 g/mol. The maximum atomic E-state index is 10.2. The number of hydrogen-bond acceptors (Lipinski definition) is 5. The zero-order valence-corrected chi connectivity index (χ0v) is 8.41. The van der Waals surface area contributed by atoms with E-state index in [1.165, 1.54) is 25.3 Å². The Labute approximate surface area is 91.1 Å². The largest absolute Gasteiger partial charge is 0.504 e. The van der Waals surface area contributed by atoms with E-state index in [-0.39, 0.29) is 12.0 Å². The lowest BCUT2D eigenvalue weighted by Gasteiger charge is -2.01. The van der Waals surface area contributed by atoms with Crippen LogP contribution in [0.25, 0.3) is 0 Å². The number of aldehydes is 2. The number of hydrogen-bond donors (Lipinski definition) is 2. The second-order valence-electron chi connectivity index (χ2n) is 2.51. The topological polar surface area (TPSA) is 101 Å². The van der Waals surface area contributed by atoms with E-state index >= 15 is 0 Å². The van der Waals surface area contributed by atoms with Gasteiger partial charge in [0.25, 0.3) is 0 Å². The van der Waals surface area contributed by atoms with Gasteiger partial charge in [-0.1, -0.05) is 0 Å². The Kier molecular flexibility index (Phi) is 5.96. The van der Waals surface area contributed by atoms with Crippen LogP contribution in [0.15, 0.2) is 18.2 Å². The van der Waals surface area contributed by atoms with Crippen LogP contribution in [0, 0.1) is 0 Å². The number of ether oxygens (including phenoxy) is 1. The Balaban J connectivity index is 0.000000385. The highest BCUT2D eigenvalue weighted by atomic mass is 16.5. The number of aliphatic carboxylic acids is 1. The molecule has 0 aliphatic heterocycles. The number of carboxylic acid groups (broad SMARTS) is 1. The molecule has 0 spiro atoms. The van der Waals surface area contributed by atoms with Crippen molar-refractivity contribution in [2.24, 2.45) is 0 Å². The number of phenols is 1. The van der Waals surface area contributed by atoms with Crippen molar-refractivity contribution in [2.75, 3.05) is 7.11 Å². The molecule has 0 aliphatic rings. The molecule has 0 unspecified atom stereocenters. The molecule has 2 N–H and O–H groups in total. The van der Waals surface area contributed by atoms with Crippen molar-refractivity contribution in [3.63, 3.8) is 0 Å². The molecular formula is C10H10O6. The van der Waals surface area contributed by atoms with E-state index in [1.807, 2.05) is 0 Å². The molecule has 0 aromatic heterocycles.